The maximum Gasteiger partial charge on any atom is 0.255 e. The third kappa shape index (κ3) is 4.31. The van der Waals surface area contributed by atoms with Crippen molar-refractivity contribution in [2.45, 2.75) is 18.1 Å². The lowest BCUT2D eigenvalue weighted by atomic mass is 9.84. The number of amides is 2. The van der Waals surface area contributed by atoms with Gasteiger partial charge in [-0.2, -0.15) is 0 Å². The van der Waals surface area contributed by atoms with Gasteiger partial charge in [-0.05, 0) is 30.2 Å². The summed E-state index contributed by atoms with van der Waals surface area (Å²) in [5.41, 5.74) is -0.518. The standard InChI is InChI=1S/C25H24Cl2N4O4/c26-19-6-5-15(11-20(19)27)25(24(34)29-13-16-7-10-35-16)14-28-8-9-31(25)23(33)18-12-22(32)30-21-4-2-1-3-17(18)21/h1-6,11-12,16,28H,7-10,13-14H2,(H,29,34)(H,30,32). The summed E-state index contributed by atoms with van der Waals surface area (Å²) in [6.45, 7) is 1.88. The Hall–Kier alpha value is -2.91. The van der Waals surface area contributed by atoms with E-state index in [9.17, 15) is 14.4 Å². The number of para-hydroxylation sites is 1. The summed E-state index contributed by atoms with van der Waals surface area (Å²) in [5.74, 6) is -0.781. The lowest BCUT2D eigenvalue weighted by Gasteiger charge is -2.46. The number of rotatable bonds is 5. The summed E-state index contributed by atoms with van der Waals surface area (Å²) < 4.78 is 5.46. The molecule has 2 aromatic carbocycles. The molecule has 2 saturated heterocycles. The van der Waals surface area contributed by atoms with Crippen LogP contribution in [0, 0.1) is 0 Å². The van der Waals surface area contributed by atoms with Gasteiger partial charge in [0.2, 0.25) is 5.56 Å². The molecule has 8 nitrogen and oxygen atoms in total. The van der Waals surface area contributed by atoms with Gasteiger partial charge in [0.05, 0.1) is 21.7 Å². The number of carbonyl (C=O) groups excluding carboxylic acids is 2. The predicted octanol–water partition coefficient (Wildman–Crippen LogP) is 2.68. The smallest absolute Gasteiger partial charge is 0.255 e. The normalized spacial score (nSPS) is 22.0. The second-order valence-corrected chi connectivity index (χ2v) is 9.52. The minimum Gasteiger partial charge on any atom is -0.376 e. The van der Waals surface area contributed by atoms with Gasteiger partial charge in [0, 0.05) is 49.8 Å². The molecule has 2 fully saturated rings. The maximum atomic E-state index is 14.1. The summed E-state index contributed by atoms with van der Waals surface area (Å²) in [6.07, 6.45) is 0.807. The van der Waals surface area contributed by atoms with E-state index in [4.69, 9.17) is 27.9 Å². The van der Waals surface area contributed by atoms with Crippen LogP contribution in [-0.2, 0) is 15.1 Å². The molecule has 5 rings (SSSR count). The lowest BCUT2D eigenvalue weighted by molar-refractivity contribution is -0.135. The van der Waals surface area contributed by atoms with Gasteiger partial charge >= 0.3 is 0 Å². The molecule has 2 amide bonds. The van der Waals surface area contributed by atoms with Crippen LogP contribution in [0.4, 0.5) is 0 Å². The van der Waals surface area contributed by atoms with E-state index < -0.39 is 17.0 Å². The van der Waals surface area contributed by atoms with Crippen molar-refractivity contribution in [3.05, 3.63) is 80.1 Å². The highest BCUT2D eigenvalue weighted by molar-refractivity contribution is 6.42. The van der Waals surface area contributed by atoms with E-state index in [1.807, 2.05) is 0 Å². The Balaban J connectivity index is 1.63. The fourth-order valence-electron chi connectivity index (χ4n) is 4.69. The molecule has 2 aliphatic heterocycles. The third-order valence-electron chi connectivity index (χ3n) is 6.64. The predicted molar refractivity (Wildman–Crippen MR) is 134 cm³/mol. The largest absolute Gasteiger partial charge is 0.376 e. The number of aromatic nitrogens is 1. The molecule has 2 unspecified atom stereocenters. The molecule has 2 aliphatic rings. The van der Waals surface area contributed by atoms with Crippen molar-refractivity contribution >= 4 is 45.9 Å². The molecular formula is C25H24Cl2N4O4. The number of nitrogens with zero attached hydrogens (tertiary/aromatic N) is 1. The molecule has 0 aliphatic carbocycles. The first-order chi connectivity index (χ1) is 16.9. The molecule has 3 N–H and O–H groups in total. The molecule has 1 aromatic heterocycles. The quantitative estimate of drug-likeness (QED) is 0.485. The Morgan fingerprint density at radius 2 is 1.94 bits per heavy atom. The molecule has 0 bridgehead atoms. The molecule has 2 atom stereocenters. The van der Waals surface area contributed by atoms with Crippen molar-refractivity contribution in [2.75, 3.05) is 32.8 Å². The van der Waals surface area contributed by atoms with Gasteiger partial charge in [0.15, 0.2) is 5.54 Å². The van der Waals surface area contributed by atoms with Crippen molar-refractivity contribution in [2.24, 2.45) is 0 Å². The fourth-order valence-corrected chi connectivity index (χ4v) is 4.99. The number of piperazine rings is 1. The molecule has 182 valence electrons. The van der Waals surface area contributed by atoms with Crippen LogP contribution in [0.5, 0.6) is 0 Å². The van der Waals surface area contributed by atoms with Gasteiger partial charge in [-0.25, -0.2) is 0 Å². The number of pyridine rings is 1. The van der Waals surface area contributed by atoms with Crippen LogP contribution >= 0.6 is 23.2 Å². The minimum absolute atomic E-state index is 0.0536. The Kier molecular flexibility index (Phi) is 6.55. The number of halogens is 2. The highest BCUT2D eigenvalue weighted by Gasteiger charge is 2.50. The molecular weight excluding hydrogens is 491 g/mol. The van der Waals surface area contributed by atoms with Crippen molar-refractivity contribution in [3.8, 4) is 0 Å². The van der Waals surface area contributed by atoms with E-state index in [1.165, 1.54) is 11.0 Å². The average Bonchev–Trinajstić information content (AvgIpc) is 2.83. The van der Waals surface area contributed by atoms with E-state index in [0.717, 1.165) is 6.42 Å². The Labute approximate surface area is 211 Å². The van der Waals surface area contributed by atoms with Gasteiger partial charge < -0.3 is 25.3 Å². The summed E-state index contributed by atoms with van der Waals surface area (Å²) in [5, 5.41) is 7.45. The van der Waals surface area contributed by atoms with Gasteiger partial charge in [0.1, 0.15) is 0 Å². The van der Waals surface area contributed by atoms with Crippen LogP contribution in [0.25, 0.3) is 10.9 Å². The van der Waals surface area contributed by atoms with Crippen LogP contribution in [0.15, 0.2) is 53.3 Å². The monoisotopic (exact) mass is 514 g/mol. The van der Waals surface area contributed by atoms with Crippen LogP contribution in [0.3, 0.4) is 0 Å². The maximum absolute atomic E-state index is 14.1. The second-order valence-electron chi connectivity index (χ2n) is 8.71. The summed E-state index contributed by atoms with van der Waals surface area (Å²) in [4.78, 5) is 44.7. The number of H-pyrrole nitrogens is 1. The number of nitrogens with one attached hydrogen (secondary N) is 3. The minimum atomic E-state index is -1.42. The highest BCUT2D eigenvalue weighted by Crippen LogP contribution is 2.36. The number of hydrogen-bond acceptors (Lipinski definition) is 5. The highest BCUT2D eigenvalue weighted by atomic mass is 35.5. The SMILES string of the molecule is O=C(c1cc(=O)[nH]c2ccccc12)N1CCNCC1(C(=O)NCC1CCO1)c1ccc(Cl)c(Cl)c1. The van der Waals surface area contributed by atoms with E-state index in [0.29, 0.717) is 41.2 Å². The number of benzene rings is 2. The number of hydrogen-bond donors (Lipinski definition) is 3. The number of aromatic amines is 1. The van der Waals surface area contributed by atoms with Crippen molar-refractivity contribution < 1.29 is 14.3 Å². The molecule has 0 spiro atoms. The molecule has 10 heteroatoms. The Bertz CT molecular complexity index is 1360. The first kappa shape index (κ1) is 23.8. The van der Waals surface area contributed by atoms with Crippen molar-refractivity contribution in [1.29, 1.82) is 0 Å². The second kappa shape index (κ2) is 9.62. The van der Waals surface area contributed by atoms with Crippen LogP contribution in [-0.4, -0.2) is 60.6 Å². The van der Waals surface area contributed by atoms with Crippen LogP contribution < -0.4 is 16.2 Å². The molecule has 0 radical (unpaired) electrons. The Morgan fingerprint density at radius 3 is 2.69 bits per heavy atom. The molecule has 3 aromatic rings. The molecule has 0 saturated carbocycles. The van der Waals surface area contributed by atoms with E-state index in [-0.39, 0.29) is 35.7 Å². The third-order valence-corrected chi connectivity index (χ3v) is 7.38. The van der Waals surface area contributed by atoms with Crippen LogP contribution in [0.2, 0.25) is 10.0 Å². The van der Waals surface area contributed by atoms with Gasteiger partial charge in [-0.1, -0.05) is 47.5 Å². The Morgan fingerprint density at radius 1 is 1.14 bits per heavy atom. The molecule has 35 heavy (non-hydrogen) atoms. The summed E-state index contributed by atoms with van der Waals surface area (Å²) in [7, 11) is 0. The summed E-state index contributed by atoms with van der Waals surface area (Å²) >= 11 is 12.5. The van der Waals surface area contributed by atoms with Crippen LogP contribution in [0.1, 0.15) is 22.3 Å². The van der Waals surface area contributed by atoms with E-state index in [2.05, 4.69) is 15.6 Å². The van der Waals surface area contributed by atoms with E-state index in [1.54, 1.807) is 42.5 Å². The number of ether oxygens (including phenoxy) is 1. The van der Waals surface area contributed by atoms with Gasteiger partial charge in [-0.15, -0.1) is 0 Å². The van der Waals surface area contributed by atoms with Crippen molar-refractivity contribution in [3.63, 3.8) is 0 Å². The molecule has 3 heterocycles. The summed E-state index contributed by atoms with van der Waals surface area (Å²) in [6, 6.07) is 13.3. The fraction of sp³-hybridized carbons (Fsp3) is 0.320. The van der Waals surface area contributed by atoms with Gasteiger partial charge in [0.25, 0.3) is 11.8 Å². The van der Waals surface area contributed by atoms with Crippen molar-refractivity contribution in [1.82, 2.24) is 20.5 Å². The van der Waals surface area contributed by atoms with Gasteiger partial charge in [-0.3, -0.25) is 14.4 Å². The first-order valence-electron chi connectivity index (χ1n) is 11.4. The number of fused-ring (bicyclic) bond motifs is 1. The number of carbonyl (C=O) groups is 2. The zero-order chi connectivity index (χ0) is 24.6. The topological polar surface area (TPSA) is 104 Å². The zero-order valence-electron chi connectivity index (χ0n) is 18.8. The van der Waals surface area contributed by atoms with E-state index >= 15 is 0 Å². The lowest BCUT2D eigenvalue weighted by Crippen LogP contribution is -2.67. The first-order valence-corrected chi connectivity index (χ1v) is 12.2. The zero-order valence-corrected chi connectivity index (χ0v) is 20.3. The average molecular weight is 515 g/mol.